The topological polar surface area (TPSA) is 50.9 Å². The molecule has 112 valence electrons. The van der Waals surface area contributed by atoms with Gasteiger partial charge in [0.15, 0.2) is 0 Å². The fourth-order valence-corrected chi connectivity index (χ4v) is 1.77. The first-order chi connectivity index (χ1) is 10.2. The van der Waals surface area contributed by atoms with Crippen LogP contribution in [0.4, 0.5) is 0 Å². The number of fused-ring (bicyclic) bond motifs is 1. The first kappa shape index (κ1) is 16.7. The van der Waals surface area contributed by atoms with Gasteiger partial charge in [-0.1, -0.05) is 45.9 Å². The van der Waals surface area contributed by atoms with Crippen molar-refractivity contribution in [3.8, 4) is 11.4 Å². The molecule has 3 rings (SSSR count). The van der Waals surface area contributed by atoms with Crippen LogP contribution in [-0.2, 0) is 0 Å². The Kier molecular flexibility index (Phi) is 6.40. The number of aromatic nitrogens is 3. The van der Waals surface area contributed by atoms with Crippen molar-refractivity contribution in [2.45, 2.75) is 34.6 Å². The molecule has 2 aromatic carbocycles. The molecule has 0 aliphatic rings. The Morgan fingerprint density at radius 3 is 1.86 bits per heavy atom. The smallest absolute Gasteiger partial charge is 0.143 e. The molecule has 0 fully saturated rings. The standard InChI is InChI=1S/C13H11N3O.2C2H6/c1-9-6-7-12(13(17)8-9)16-14-10-4-2-3-5-11(10)15-16;2*1-2/h2-8,17H,1H3;2*1-2H3. The summed E-state index contributed by atoms with van der Waals surface area (Å²) >= 11 is 0. The lowest BCUT2D eigenvalue weighted by Gasteiger charge is -2.03. The van der Waals surface area contributed by atoms with Crippen molar-refractivity contribution in [2.24, 2.45) is 0 Å². The quantitative estimate of drug-likeness (QED) is 0.717. The highest BCUT2D eigenvalue weighted by Gasteiger charge is 2.07. The predicted molar refractivity (Wildman–Crippen MR) is 88.0 cm³/mol. The lowest BCUT2D eigenvalue weighted by atomic mass is 10.2. The van der Waals surface area contributed by atoms with E-state index in [0.717, 1.165) is 16.6 Å². The zero-order chi connectivity index (χ0) is 15.8. The normalized spacial score (nSPS) is 9.38. The number of aromatic hydroxyl groups is 1. The average molecular weight is 285 g/mol. The number of benzene rings is 2. The van der Waals surface area contributed by atoms with Gasteiger partial charge < -0.3 is 5.11 Å². The van der Waals surface area contributed by atoms with Gasteiger partial charge in [0.05, 0.1) is 0 Å². The Balaban J connectivity index is 0.000000510. The maximum Gasteiger partial charge on any atom is 0.143 e. The summed E-state index contributed by atoms with van der Waals surface area (Å²) in [7, 11) is 0. The molecule has 1 heterocycles. The van der Waals surface area contributed by atoms with Crippen molar-refractivity contribution >= 4 is 11.0 Å². The van der Waals surface area contributed by atoms with Gasteiger partial charge in [-0.15, -0.1) is 15.0 Å². The van der Waals surface area contributed by atoms with E-state index in [0.29, 0.717) is 5.69 Å². The zero-order valence-corrected chi connectivity index (χ0v) is 13.3. The van der Waals surface area contributed by atoms with E-state index in [-0.39, 0.29) is 5.75 Å². The van der Waals surface area contributed by atoms with E-state index in [9.17, 15) is 5.11 Å². The van der Waals surface area contributed by atoms with Gasteiger partial charge in [0.25, 0.3) is 0 Å². The summed E-state index contributed by atoms with van der Waals surface area (Å²) in [6.45, 7) is 9.93. The Morgan fingerprint density at radius 2 is 1.38 bits per heavy atom. The summed E-state index contributed by atoms with van der Waals surface area (Å²) < 4.78 is 0. The second kappa shape index (κ2) is 8.04. The van der Waals surface area contributed by atoms with Crippen LogP contribution in [-0.4, -0.2) is 20.1 Å². The SMILES string of the molecule is CC.CC.Cc1ccc(-n2nc3ccccc3n2)c(O)c1. The summed E-state index contributed by atoms with van der Waals surface area (Å²) in [5.74, 6) is 0.185. The molecule has 1 N–H and O–H groups in total. The van der Waals surface area contributed by atoms with Crippen molar-refractivity contribution in [3.63, 3.8) is 0 Å². The molecule has 1 aromatic heterocycles. The second-order valence-electron chi connectivity index (χ2n) is 3.97. The summed E-state index contributed by atoms with van der Waals surface area (Å²) in [6, 6.07) is 13.0. The minimum Gasteiger partial charge on any atom is -0.506 e. The maximum absolute atomic E-state index is 9.87. The van der Waals surface area contributed by atoms with Crippen LogP contribution in [0.5, 0.6) is 5.75 Å². The van der Waals surface area contributed by atoms with Gasteiger partial charge in [0, 0.05) is 0 Å². The van der Waals surface area contributed by atoms with Crippen LogP contribution >= 0.6 is 0 Å². The molecule has 0 aliphatic carbocycles. The van der Waals surface area contributed by atoms with Crippen LogP contribution in [0, 0.1) is 6.92 Å². The molecular formula is C17H23N3O. The molecule has 4 nitrogen and oxygen atoms in total. The fraction of sp³-hybridized carbons (Fsp3) is 0.294. The van der Waals surface area contributed by atoms with Crippen molar-refractivity contribution < 1.29 is 5.11 Å². The zero-order valence-electron chi connectivity index (χ0n) is 13.3. The van der Waals surface area contributed by atoms with Gasteiger partial charge in [-0.05, 0) is 36.8 Å². The average Bonchev–Trinajstić information content (AvgIpc) is 2.95. The van der Waals surface area contributed by atoms with E-state index in [2.05, 4.69) is 10.2 Å². The molecule has 0 unspecified atom stereocenters. The summed E-state index contributed by atoms with van der Waals surface area (Å²) in [5.41, 5.74) is 3.22. The van der Waals surface area contributed by atoms with E-state index in [1.54, 1.807) is 6.07 Å². The van der Waals surface area contributed by atoms with E-state index in [1.165, 1.54) is 4.80 Å². The number of aryl methyl sites for hydroxylation is 1. The van der Waals surface area contributed by atoms with Crippen LogP contribution < -0.4 is 0 Å². The van der Waals surface area contributed by atoms with Gasteiger partial charge in [-0.25, -0.2) is 0 Å². The highest BCUT2D eigenvalue weighted by atomic mass is 16.3. The highest BCUT2D eigenvalue weighted by molar-refractivity contribution is 5.73. The first-order valence-electron chi connectivity index (χ1n) is 7.36. The minimum absolute atomic E-state index is 0.185. The van der Waals surface area contributed by atoms with Crippen LogP contribution in [0.15, 0.2) is 42.5 Å². The third-order valence-electron chi connectivity index (χ3n) is 2.63. The third kappa shape index (κ3) is 3.81. The summed E-state index contributed by atoms with van der Waals surface area (Å²) in [6.07, 6.45) is 0. The fourth-order valence-electron chi connectivity index (χ4n) is 1.77. The van der Waals surface area contributed by atoms with Crippen molar-refractivity contribution in [1.82, 2.24) is 15.0 Å². The van der Waals surface area contributed by atoms with Crippen LogP contribution in [0.25, 0.3) is 16.7 Å². The minimum atomic E-state index is 0.185. The number of hydrogen-bond donors (Lipinski definition) is 1. The third-order valence-corrected chi connectivity index (χ3v) is 2.63. The van der Waals surface area contributed by atoms with Gasteiger partial charge in [-0.2, -0.15) is 0 Å². The first-order valence-corrected chi connectivity index (χ1v) is 7.36. The van der Waals surface area contributed by atoms with Gasteiger partial charge in [-0.3, -0.25) is 0 Å². The van der Waals surface area contributed by atoms with Crippen LogP contribution in [0.1, 0.15) is 33.3 Å². The van der Waals surface area contributed by atoms with Crippen molar-refractivity contribution in [3.05, 3.63) is 48.0 Å². The maximum atomic E-state index is 9.87. The second-order valence-corrected chi connectivity index (χ2v) is 3.97. The number of phenolic OH excluding ortho intramolecular Hbond substituents is 1. The monoisotopic (exact) mass is 285 g/mol. The van der Waals surface area contributed by atoms with E-state index < -0.39 is 0 Å². The Hall–Kier alpha value is -2.36. The molecule has 3 aromatic rings. The molecule has 0 aliphatic heterocycles. The van der Waals surface area contributed by atoms with Gasteiger partial charge >= 0.3 is 0 Å². The Bertz CT molecular complexity index is 656. The number of phenols is 1. The van der Waals surface area contributed by atoms with Crippen LogP contribution in [0.2, 0.25) is 0 Å². The predicted octanol–water partition coefficient (Wildman–Crippen LogP) is 4.49. The lowest BCUT2D eigenvalue weighted by molar-refractivity contribution is 0.467. The summed E-state index contributed by atoms with van der Waals surface area (Å²) in [4.78, 5) is 1.46. The van der Waals surface area contributed by atoms with Crippen LogP contribution in [0.3, 0.4) is 0 Å². The van der Waals surface area contributed by atoms with Gasteiger partial charge in [0.2, 0.25) is 0 Å². The van der Waals surface area contributed by atoms with E-state index in [1.807, 2.05) is 71.0 Å². The molecule has 0 saturated carbocycles. The molecule has 0 radical (unpaired) electrons. The Labute approximate surface area is 126 Å². The van der Waals surface area contributed by atoms with Crippen molar-refractivity contribution in [1.29, 1.82) is 0 Å². The molecule has 21 heavy (non-hydrogen) atoms. The molecule has 0 atom stereocenters. The number of rotatable bonds is 1. The van der Waals surface area contributed by atoms with E-state index in [4.69, 9.17) is 0 Å². The van der Waals surface area contributed by atoms with E-state index >= 15 is 0 Å². The molecule has 0 amide bonds. The Morgan fingerprint density at radius 1 is 0.857 bits per heavy atom. The van der Waals surface area contributed by atoms with Gasteiger partial charge in [0.1, 0.15) is 22.5 Å². The molecule has 0 bridgehead atoms. The molecule has 0 spiro atoms. The molecule has 4 heteroatoms. The largest absolute Gasteiger partial charge is 0.506 e. The molecular weight excluding hydrogens is 262 g/mol. The van der Waals surface area contributed by atoms with Crippen molar-refractivity contribution in [2.75, 3.05) is 0 Å². The lowest BCUT2D eigenvalue weighted by Crippen LogP contribution is -1.98. The number of hydrogen-bond acceptors (Lipinski definition) is 3. The number of nitrogens with zero attached hydrogens (tertiary/aromatic N) is 3. The highest BCUT2D eigenvalue weighted by Crippen LogP contribution is 2.22. The summed E-state index contributed by atoms with van der Waals surface area (Å²) in [5, 5.41) is 18.5. The molecule has 0 saturated heterocycles.